The second-order valence-electron chi connectivity index (χ2n) is 7.35. The lowest BCUT2D eigenvalue weighted by atomic mass is 10.0. The number of aromatic carboxylic acids is 1. The Bertz CT molecular complexity index is 1270. The smallest absolute Gasteiger partial charge is 0.337 e. The van der Waals surface area contributed by atoms with Crippen molar-refractivity contribution < 1.29 is 14.3 Å². The van der Waals surface area contributed by atoms with Gasteiger partial charge in [-0.25, -0.2) is 4.79 Å². The molecule has 0 amide bonds. The average molecular weight is 403 g/mol. The van der Waals surface area contributed by atoms with Crippen molar-refractivity contribution in [3.8, 4) is 0 Å². The minimum atomic E-state index is -1.01. The van der Waals surface area contributed by atoms with Crippen molar-refractivity contribution in [3.63, 3.8) is 0 Å². The number of carbonyl (C=O) groups is 1. The molecule has 0 spiro atoms. The van der Waals surface area contributed by atoms with Crippen LogP contribution in [0.25, 0.3) is 11.0 Å². The third-order valence-corrected chi connectivity index (χ3v) is 4.99. The lowest BCUT2D eigenvalue weighted by Gasteiger charge is -2.19. The molecule has 2 atom stereocenters. The number of fused-ring (bicyclic) bond motifs is 1. The highest BCUT2D eigenvalue weighted by atomic mass is 16.4. The zero-order chi connectivity index (χ0) is 21.4. The molecule has 0 fully saturated rings. The highest BCUT2D eigenvalue weighted by Crippen LogP contribution is 2.29. The maximum Gasteiger partial charge on any atom is 0.337 e. The normalized spacial score (nSPS) is 16.5. The van der Waals surface area contributed by atoms with Crippen LogP contribution < -0.4 is 10.7 Å². The van der Waals surface area contributed by atoms with Crippen molar-refractivity contribution in [1.29, 1.82) is 0 Å². The molecule has 1 aromatic heterocycles. The number of anilines is 1. The zero-order valence-electron chi connectivity index (χ0n) is 16.8. The number of hydrogen-bond acceptors (Lipinski definition) is 6. The molecular weight excluding hydrogens is 382 g/mol. The largest absolute Gasteiger partial charge is 0.478 e. The summed E-state index contributed by atoms with van der Waals surface area (Å²) in [5, 5.41) is 13.2. The molecule has 0 aliphatic carbocycles. The first kappa shape index (κ1) is 19.6. The number of rotatable bonds is 5. The standard InChI is InChI=1S/C23H21N3O4/c1-12-8-16(13(2)25-18-7-5-4-6-15(18)23(28)29)22-17(9-12)20(27)10-21(30-22)19-11-24-14(3)26-19/h4-11,13-14,25H,1-3H3,(H,28,29). The molecule has 4 rings (SSSR count). The average Bonchev–Trinajstić information content (AvgIpc) is 3.14. The summed E-state index contributed by atoms with van der Waals surface area (Å²) in [6.45, 7) is 5.66. The van der Waals surface area contributed by atoms with Gasteiger partial charge < -0.3 is 14.8 Å². The van der Waals surface area contributed by atoms with Crippen LogP contribution in [0.5, 0.6) is 0 Å². The van der Waals surface area contributed by atoms with E-state index in [0.29, 0.717) is 28.1 Å². The Balaban J connectivity index is 1.83. The summed E-state index contributed by atoms with van der Waals surface area (Å²) in [4.78, 5) is 32.9. The van der Waals surface area contributed by atoms with Gasteiger partial charge in [-0.1, -0.05) is 18.2 Å². The van der Waals surface area contributed by atoms with E-state index in [-0.39, 0.29) is 23.2 Å². The topological polar surface area (TPSA) is 104 Å². The number of aliphatic imine (C=N–C) groups is 2. The third-order valence-electron chi connectivity index (χ3n) is 4.99. The summed E-state index contributed by atoms with van der Waals surface area (Å²) in [6, 6.07) is 11.6. The molecule has 152 valence electrons. The van der Waals surface area contributed by atoms with Gasteiger partial charge in [0.05, 0.1) is 23.2 Å². The predicted molar refractivity (Wildman–Crippen MR) is 117 cm³/mol. The van der Waals surface area contributed by atoms with Crippen LogP contribution in [0.2, 0.25) is 0 Å². The van der Waals surface area contributed by atoms with Gasteiger partial charge in [0.15, 0.2) is 11.2 Å². The molecule has 0 radical (unpaired) electrons. The van der Waals surface area contributed by atoms with Crippen molar-refractivity contribution >= 4 is 34.6 Å². The van der Waals surface area contributed by atoms with Crippen molar-refractivity contribution in [3.05, 3.63) is 75.1 Å². The fourth-order valence-electron chi connectivity index (χ4n) is 3.56. The van der Waals surface area contributed by atoms with Gasteiger partial charge in [0.2, 0.25) is 0 Å². The van der Waals surface area contributed by atoms with Crippen LogP contribution in [0.1, 0.15) is 47.1 Å². The molecular formula is C23H21N3O4. The molecule has 7 nitrogen and oxygen atoms in total. The molecule has 30 heavy (non-hydrogen) atoms. The maximum absolute atomic E-state index is 12.8. The van der Waals surface area contributed by atoms with Crippen LogP contribution in [0.3, 0.4) is 0 Å². The van der Waals surface area contributed by atoms with E-state index in [4.69, 9.17) is 4.42 Å². The molecule has 2 unspecified atom stereocenters. The van der Waals surface area contributed by atoms with E-state index >= 15 is 0 Å². The molecule has 0 bridgehead atoms. The number of para-hydroxylation sites is 1. The quantitative estimate of drug-likeness (QED) is 0.665. The lowest BCUT2D eigenvalue weighted by Crippen LogP contribution is -2.14. The number of aryl methyl sites for hydroxylation is 1. The molecule has 2 heterocycles. The SMILES string of the molecule is Cc1cc(C(C)Nc2ccccc2C(=O)O)c2oc(C3=NC(C)N=C3)cc(=O)c2c1. The molecule has 2 N–H and O–H groups in total. The Morgan fingerprint density at radius 1 is 1.23 bits per heavy atom. The molecule has 0 saturated carbocycles. The molecule has 0 saturated heterocycles. The number of carboxylic acid groups (broad SMARTS) is 1. The van der Waals surface area contributed by atoms with E-state index in [1.54, 1.807) is 36.5 Å². The van der Waals surface area contributed by atoms with Crippen LogP contribution >= 0.6 is 0 Å². The van der Waals surface area contributed by atoms with E-state index in [1.807, 2.05) is 26.8 Å². The van der Waals surface area contributed by atoms with Gasteiger partial charge in [-0.2, -0.15) is 0 Å². The van der Waals surface area contributed by atoms with Crippen LogP contribution in [-0.2, 0) is 0 Å². The van der Waals surface area contributed by atoms with E-state index in [1.165, 1.54) is 6.07 Å². The second kappa shape index (κ2) is 7.59. The number of benzene rings is 2. The van der Waals surface area contributed by atoms with Crippen LogP contribution in [-0.4, -0.2) is 29.2 Å². The van der Waals surface area contributed by atoms with Gasteiger partial charge in [0.1, 0.15) is 17.5 Å². The molecule has 1 aliphatic rings. The number of nitrogens with zero attached hydrogens (tertiary/aromatic N) is 2. The van der Waals surface area contributed by atoms with Gasteiger partial charge in [-0.15, -0.1) is 0 Å². The summed E-state index contributed by atoms with van der Waals surface area (Å²) in [7, 11) is 0. The number of carboxylic acids is 1. The zero-order valence-corrected chi connectivity index (χ0v) is 16.8. The highest BCUT2D eigenvalue weighted by molar-refractivity contribution is 6.38. The maximum atomic E-state index is 12.8. The fourth-order valence-corrected chi connectivity index (χ4v) is 3.56. The van der Waals surface area contributed by atoms with Crippen LogP contribution in [0.4, 0.5) is 5.69 Å². The van der Waals surface area contributed by atoms with Gasteiger partial charge >= 0.3 is 5.97 Å². The van der Waals surface area contributed by atoms with Gasteiger partial charge in [-0.3, -0.25) is 14.8 Å². The second-order valence-corrected chi connectivity index (χ2v) is 7.35. The predicted octanol–water partition coefficient (Wildman–Crippen LogP) is 4.19. The van der Waals surface area contributed by atoms with Crippen molar-refractivity contribution in [2.24, 2.45) is 9.98 Å². The van der Waals surface area contributed by atoms with Gasteiger partial charge in [-0.05, 0) is 44.5 Å². The molecule has 7 heteroatoms. The first-order valence-electron chi connectivity index (χ1n) is 9.62. The Morgan fingerprint density at radius 3 is 2.70 bits per heavy atom. The van der Waals surface area contributed by atoms with Crippen LogP contribution in [0, 0.1) is 6.92 Å². The monoisotopic (exact) mass is 403 g/mol. The summed E-state index contributed by atoms with van der Waals surface area (Å²) < 4.78 is 6.12. The summed E-state index contributed by atoms with van der Waals surface area (Å²) in [6.07, 6.45) is 1.40. The minimum absolute atomic E-state index is 0.162. The van der Waals surface area contributed by atoms with Crippen molar-refractivity contribution in [1.82, 2.24) is 0 Å². The third kappa shape index (κ3) is 3.61. The summed E-state index contributed by atoms with van der Waals surface area (Å²) in [5.41, 5.74) is 3.15. The van der Waals surface area contributed by atoms with Crippen molar-refractivity contribution in [2.75, 3.05) is 5.32 Å². The van der Waals surface area contributed by atoms with E-state index in [0.717, 1.165) is 11.1 Å². The highest BCUT2D eigenvalue weighted by Gasteiger charge is 2.20. The minimum Gasteiger partial charge on any atom is -0.478 e. The molecule has 1 aliphatic heterocycles. The number of hydrogen-bond donors (Lipinski definition) is 2. The number of nitrogens with one attached hydrogen (secondary N) is 1. The Labute approximate surface area is 172 Å². The fraction of sp³-hybridized carbons (Fsp3) is 0.217. The van der Waals surface area contributed by atoms with E-state index < -0.39 is 5.97 Å². The lowest BCUT2D eigenvalue weighted by molar-refractivity contribution is 0.0698. The Kier molecular flexibility index (Phi) is 4.95. The Hall–Kier alpha value is -3.74. The van der Waals surface area contributed by atoms with E-state index in [9.17, 15) is 14.7 Å². The first-order chi connectivity index (χ1) is 14.3. The molecule has 3 aromatic rings. The summed E-state index contributed by atoms with van der Waals surface area (Å²) >= 11 is 0. The van der Waals surface area contributed by atoms with Gasteiger partial charge in [0.25, 0.3) is 0 Å². The van der Waals surface area contributed by atoms with Gasteiger partial charge in [0, 0.05) is 17.3 Å². The van der Waals surface area contributed by atoms with E-state index in [2.05, 4.69) is 15.3 Å². The molecule has 2 aromatic carbocycles. The van der Waals surface area contributed by atoms with Crippen LogP contribution in [0.15, 0.2) is 61.7 Å². The van der Waals surface area contributed by atoms with Crippen molar-refractivity contribution in [2.45, 2.75) is 33.0 Å². The Morgan fingerprint density at radius 2 is 2.00 bits per heavy atom. The summed E-state index contributed by atoms with van der Waals surface area (Å²) in [5.74, 6) is -0.648. The first-order valence-corrected chi connectivity index (χ1v) is 9.62.